The fourth-order valence-corrected chi connectivity index (χ4v) is 3.23. The third kappa shape index (κ3) is 3.54. The summed E-state index contributed by atoms with van der Waals surface area (Å²) in [5, 5.41) is 0. The summed E-state index contributed by atoms with van der Waals surface area (Å²) in [6.45, 7) is 5.07. The molecular weight excluding hydrogens is 366 g/mol. The Labute approximate surface area is 161 Å². The third-order valence-corrected chi connectivity index (χ3v) is 4.36. The highest BCUT2D eigenvalue weighted by Gasteiger charge is 2.37. The largest absolute Gasteiger partial charge is 0.487 e. The normalized spacial score (nSPS) is 15.9. The van der Waals surface area contributed by atoms with Gasteiger partial charge in [-0.2, -0.15) is 4.39 Å². The first-order chi connectivity index (χ1) is 13.3. The second kappa shape index (κ2) is 7.92. The summed E-state index contributed by atoms with van der Waals surface area (Å²) >= 11 is 0. The standard InChI is InChI=1S/C22H20F2O4/c1-4-27-22(26)16-10-14(13-8-6-5-7-9-13)18-15(20(16)25)11-17(23)19(24)21(18)28-12(2)3/h5-12,14H,4H2,1-3H3. The predicted octanol–water partition coefficient (Wildman–Crippen LogP) is 4.57. The van der Waals surface area contributed by atoms with Crippen LogP contribution in [0, 0.1) is 11.6 Å². The third-order valence-electron chi connectivity index (χ3n) is 4.36. The van der Waals surface area contributed by atoms with E-state index in [2.05, 4.69) is 0 Å². The van der Waals surface area contributed by atoms with E-state index < -0.39 is 35.4 Å². The van der Waals surface area contributed by atoms with Gasteiger partial charge < -0.3 is 9.47 Å². The fraction of sp³-hybridized carbons (Fsp3) is 0.273. The highest BCUT2D eigenvalue weighted by molar-refractivity contribution is 6.26. The van der Waals surface area contributed by atoms with Gasteiger partial charge in [-0.3, -0.25) is 4.79 Å². The number of Topliss-reactive ketones (excluding diaryl/α,β-unsaturated/α-hetero) is 1. The lowest BCUT2D eigenvalue weighted by atomic mass is 9.79. The Kier molecular flexibility index (Phi) is 5.58. The second-order valence-electron chi connectivity index (χ2n) is 6.65. The smallest absolute Gasteiger partial charge is 0.341 e. The van der Waals surface area contributed by atoms with Crippen molar-refractivity contribution in [1.82, 2.24) is 0 Å². The predicted molar refractivity (Wildman–Crippen MR) is 99.5 cm³/mol. The van der Waals surface area contributed by atoms with Crippen molar-refractivity contribution in [3.63, 3.8) is 0 Å². The molecule has 1 aliphatic rings. The number of allylic oxidation sites excluding steroid dienone is 1. The van der Waals surface area contributed by atoms with Crippen molar-refractivity contribution in [1.29, 1.82) is 0 Å². The molecule has 1 unspecified atom stereocenters. The van der Waals surface area contributed by atoms with Gasteiger partial charge in [0.15, 0.2) is 11.6 Å². The van der Waals surface area contributed by atoms with Crippen LogP contribution in [0.3, 0.4) is 0 Å². The van der Waals surface area contributed by atoms with Crippen molar-refractivity contribution >= 4 is 11.8 Å². The van der Waals surface area contributed by atoms with Gasteiger partial charge >= 0.3 is 5.97 Å². The first kappa shape index (κ1) is 19.7. The van der Waals surface area contributed by atoms with Crippen LogP contribution in [0.5, 0.6) is 5.75 Å². The maximum Gasteiger partial charge on any atom is 0.341 e. The summed E-state index contributed by atoms with van der Waals surface area (Å²) in [6, 6.07) is 9.76. The molecule has 2 aromatic carbocycles. The van der Waals surface area contributed by atoms with Crippen molar-refractivity contribution in [2.75, 3.05) is 6.61 Å². The van der Waals surface area contributed by atoms with Crippen LogP contribution in [0.1, 0.15) is 48.2 Å². The van der Waals surface area contributed by atoms with E-state index in [-0.39, 0.29) is 29.1 Å². The number of fused-ring (bicyclic) bond motifs is 1. The maximum absolute atomic E-state index is 14.6. The number of benzene rings is 2. The number of hydrogen-bond acceptors (Lipinski definition) is 4. The number of carbonyl (C=O) groups is 2. The van der Waals surface area contributed by atoms with Crippen molar-refractivity contribution in [3.05, 3.63) is 76.4 Å². The average molecular weight is 386 g/mol. The summed E-state index contributed by atoms with van der Waals surface area (Å²) in [5.41, 5.74) is 0.605. The molecule has 28 heavy (non-hydrogen) atoms. The zero-order valence-corrected chi connectivity index (χ0v) is 15.8. The summed E-state index contributed by atoms with van der Waals surface area (Å²) in [4.78, 5) is 25.2. The highest BCUT2D eigenvalue weighted by atomic mass is 19.2. The molecule has 3 rings (SSSR count). The van der Waals surface area contributed by atoms with Gasteiger partial charge in [-0.1, -0.05) is 36.4 Å². The SMILES string of the molecule is CCOC(=O)C1=CC(c2ccccc2)c2c(cc(F)c(F)c2OC(C)C)C1=O. The molecule has 1 aliphatic carbocycles. The zero-order chi connectivity index (χ0) is 20.4. The highest BCUT2D eigenvalue weighted by Crippen LogP contribution is 2.43. The van der Waals surface area contributed by atoms with Gasteiger partial charge in [-0.15, -0.1) is 0 Å². The maximum atomic E-state index is 14.6. The number of carbonyl (C=O) groups excluding carboxylic acids is 2. The van der Waals surface area contributed by atoms with Crippen molar-refractivity contribution in [2.45, 2.75) is 32.8 Å². The van der Waals surface area contributed by atoms with Crippen LogP contribution in [0.4, 0.5) is 8.78 Å². The van der Waals surface area contributed by atoms with Crippen LogP contribution in [0.15, 0.2) is 48.0 Å². The Hall–Kier alpha value is -3.02. The topological polar surface area (TPSA) is 52.6 Å². The molecule has 2 aromatic rings. The first-order valence-corrected chi connectivity index (χ1v) is 9.02. The van der Waals surface area contributed by atoms with E-state index in [4.69, 9.17) is 9.47 Å². The minimum Gasteiger partial charge on any atom is -0.487 e. The van der Waals surface area contributed by atoms with Gasteiger partial charge in [0.2, 0.25) is 11.6 Å². The molecular formula is C22H20F2O4. The molecule has 0 amide bonds. The average Bonchev–Trinajstić information content (AvgIpc) is 2.66. The van der Waals surface area contributed by atoms with E-state index in [1.54, 1.807) is 45.0 Å². The first-order valence-electron chi connectivity index (χ1n) is 9.02. The summed E-state index contributed by atoms with van der Waals surface area (Å²) in [5.74, 6) is -4.86. The molecule has 0 bridgehead atoms. The van der Waals surface area contributed by atoms with Crippen molar-refractivity contribution < 1.29 is 27.8 Å². The van der Waals surface area contributed by atoms with Crippen LogP contribution >= 0.6 is 0 Å². The Morgan fingerprint density at radius 3 is 2.46 bits per heavy atom. The van der Waals surface area contributed by atoms with Gasteiger partial charge in [0.25, 0.3) is 0 Å². The van der Waals surface area contributed by atoms with E-state index in [1.165, 1.54) is 6.08 Å². The van der Waals surface area contributed by atoms with E-state index in [9.17, 15) is 18.4 Å². The molecule has 0 spiro atoms. The zero-order valence-electron chi connectivity index (χ0n) is 15.8. The quantitative estimate of drug-likeness (QED) is 0.558. The summed E-state index contributed by atoms with van der Waals surface area (Å²) in [6.07, 6.45) is 0.991. The van der Waals surface area contributed by atoms with Crippen molar-refractivity contribution in [2.24, 2.45) is 0 Å². The molecule has 1 atom stereocenters. The molecule has 0 aromatic heterocycles. The van der Waals surface area contributed by atoms with Gasteiger partial charge in [0.05, 0.1) is 12.7 Å². The molecule has 0 N–H and O–H groups in total. The number of ketones is 1. The summed E-state index contributed by atoms with van der Waals surface area (Å²) < 4.78 is 39.4. The molecule has 6 heteroatoms. The number of ether oxygens (including phenoxy) is 2. The van der Waals surface area contributed by atoms with Gasteiger partial charge in [-0.05, 0) is 32.4 Å². The van der Waals surface area contributed by atoms with Crippen LogP contribution in [0.2, 0.25) is 0 Å². The molecule has 4 nitrogen and oxygen atoms in total. The van der Waals surface area contributed by atoms with E-state index in [0.717, 1.165) is 6.07 Å². The minimum absolute atomic E-state index is 0.0891. The Morgan fingerprint density at radius 1 is 1.18 bits per heavy atom. The Balaban J connectivity index is 2.29. The summed E-state index contributed by atoms with van der Waals surface area (Å²) in [7, 11) is 0. The molecule has 0 aliphatic heterocycles. The van der Waals surface area contributed by atoms with E-state index in [0.29, 0.717) is 5.56 Å². The number of esters is 1. The number of halogens is 2. The van der Waals surface area contributed by atoms with Crippen LogP contribution in [-0.4, -0.2) is 24.5 Å². The van der Waals surface area contributed by atoms with Crippen LogP contribution < -0.4 is 4.74 Å². The molecule has 0 radical (unpaired) electrons. The van der Waals surface area contributed by atoms with E-state index >= 15 is 0 Å². The molecule has 0 saturated carbocycles. The molecule has 146 valence electrons. The van der Waals surface area contributed by atoms with Crippen molar-refractivity contribution in [3.8, 4) is 5.75 Å². The minimum atomic E-state index is -1.21. The lowest BCUT2D eigenvalue weighted by molar-refractivity contribution is -0.138. The van der Waals surface area contributed by atoms with Crippen LogP contribution in [-0.2, 0) is 9.53 Å². The molecule has 0 fully saturated rings. The Morgan fingerprint density at radius 2 is 1.86 bits per heavy atom. The van der Waals surface area contributed by atoms with Crippen LogP contribution in [0.25, 0.3) is 0 Å². The monoisotopic (exact) mass is 386 g/mol. The number of hydrogen-bond donors (Lipinski definition) is 0. The van der Waals surface area contributed by atoms with E-state index in [1.807, 2.05) is 6.07 Å². The van der Waals surface area contributed by atoms with Gasteiger partial charge in [0.1, 0.15) is 5.57 Å². The Bertz CT molecular complexity index is 949. The second-order valence-corrected chi connectivity index (χ2v) is 6.65. The molecule has 0 heterocycles. The molecule has 0 saturated heterocycles. The number of rotatable bonds is 5. The lowest BCUT2D eigenvalue weighted by Crippen LogP contribution is -2.25. The van der Waals surface area contributed by atoms with Gasteiger partial charge in [-0.25, -0.2) is 9.18 Å². The lowest BCUT2D eigenvalue weighted by Gasteiger charge is -2.27. The van der Waals surface area contributed by atoms with Gasteiger partial charge in [0, 0.05) is 17.0 Å². The fourth-order valence-electron chi connectivity index (χ4n) is 3.23.